The molecule has 1 heterocycles. The number of carbonyl (C=O) groups excluding carboxylic acids is 1. The fourth-order valence-electron chi connectivity index (χ4n) is 3.56. The van der Waals surface area contributed by atoms with Gasteiger partial charge in [-0.05, 0) is 24.2 Å². The Balaban J connectivity index is 1.89. The standard InChI is InChI=1S/C12H18N4OS/c1-11(2)6-4-5-12(11,3)8(17)7(6)18-10-14-9(13)15-16-10/h6-7H,4-5H2,1-3H3,(H3,13,14,15,16)/t6-,7+,12-/m1/s1. The first-order chi connectivity index (χ1) is 8.36. The summed E-state index contributed by atoms with van der Waals surface area (Å²) in [6.45, 7) is 6.55. The van der Waals surface area contributed by atoms with Crippen molar-refractivity contribution in [1.82, 2.24) is 15.2 Å². The molecule has 2 aliphatic rings. The van der Waals surface area contributed by atoms with Gasteiger partial charge in [-0.1, -0.05) is 32.5 Å². The molecule has 3 atom stereocenters. The first-order valence-corrected chi connectivity index (χ1v) is 7.13. The summed E-state index contributed by atoms with van der Waals surface area (Å²) < 4.78 is 0. The fraction of sp³-hybridized carbons (Fsp3) is 0.750. The molecule has 0 radical (unpaired) electrons. The Hall–Kier alpha value is -1.04. The second kappa shape index (κ2) is 3.50. The van der Waals surface area contributed by atoms with Gasteiger partial charge >= 0.3 is 0 Å². The molecule has 2 fully saturated rings. The largest absolute Gasteiger partial charge is 0.368 e. The van der Waals surface area contributed by atoms with Crippen molar-refractivity contribution in [3.8, 4) is 0 Å². The molecule has 2 aliphatic carbocycles. The molecule has 0 amide bonds. The average Bonchev–Trinajstić information content (AvgIpc) is 2.83. The number of anilines is 1. The van der Waals surface area contributed by atoms with E-state index in [0.29, 0.717) is 22.8 Å². The van der Waals surface area contributed by atoms with Gasteiger partial charge in [-0.15, -0.1) is 5.10 Å². The van der Waals surface area contributed by atoms with Crippen LogP contribution in [-0.4, -0.2) is 26.2 Å². The summed E-state index contributed by atoms with van der Waals surface area (Å²) in [7, 11) is 0. The van der Waals surface area contributed by atoms with Crippen LogP contribution in [0.1, 0.15) is 33.6 Å². The van der Waals surface area contributed by atoms with Gasteiger partial charge in [0.1, 0.15) is 0 Å². The zero-order chi connectivity index (χ0) is 13.1. The highest BCUT2D eigenvalue weighted by molar-refractivity contribution is 8.00. The van der Waals surface area contributed by atoms with Crippen molar-refractivity contribution in [3.63, 3.8) is 0 Å². The van der Waals surface area contributed by atoms with E-state index < -0.39 is 0 Å². The van der Waals surface area contributed by atoms with Crippen LogP contribution in [0.5, 0.6) is 0 Å². The van der Waals surface area contributed by atoms with E-state index in [-0.39, 0.29) is 16.1 Å². The zero-order valence-corrected chi connectivity index (χ0v) is 11.7. The van der Waals surface area contributed by atoms with Crippen LogP contribution in [0, 0.1) is 16.7 Å². The first kappa shape index (κ1) is 12.0. The lowest BCUT2D eigenvalue weighted by Crippen LogP contribution is -2.34. The number of H-pyrrole nitrogens is 1. The van der Waals surface area contributed by atoms with E-state index >= 15 is 0 Å². The Labute approximate surface area is 110 Å². The normalized spacial score (nSPS) is 37.4. The third-order valence-electron chi connectivity index (χ3n) is 5.19. The van der Waals surface area contributed by atoms with Gasteiger partial charge < -0.3 is 5.73 Å². The second-order valence-corrected chi connectivity index (χ2v) is 7.21. The van der Waals surface area contributed by atoms with Crippen LogP contribution in [0.4, 0.5) is 5.95 Å². The topological polar surface area (TPSA) is 84.7 Å². The summed E-state index contributed by atoms with van der Waals surface area (Å²) >= 11 is 1.46. The van der Waals surface area contributed by atoms with Gasteiger partial charge in [0, 0.05) is 5.41 Å². The molecule has 2 bridgehead atoms. The van der Waals surface area contributed by atoms with Gasteiger partial charge in [-0.2, -0.15) is 4.98 Å². The van der Waals surface area contributed by atoms with Gasteiger partial charge in [0.2, 0.25) is 11.1 Å². The van der Waals surface area contributed by atoms with Gasteiger partial charge in [-0.3, -0.25) is 4.79 Å². The lowest BCUT2D eigenvalue weighted by Gasteiger charge is -2.32. The van der Waals surface area contributed by atoms with Gasteiger partial charge in [0.15, 0.2) is 5.78 Å². The van der Waals surface area contributed by atoms with E-state index in [9.17, 15) is 4.79 Å². The van der Waals surface area contributed by atoms with Crippen molar-refractivity contribution < 1.29 is 4.79 Å². The molecule has 0 saturated heterocycles. The summed E-state index contributed by atoms with van der Waals surface area (Å²) in [5.41, 5.74) is 5.40. The molecular formula is C12H18N4OS. The van der Waals surface area contributed by atoms with Crippen LogP contribution in [0.2, 0.25) is 0 Å². The monoisotopic (exact) mass is 266 g/mol. The number of hydrogen-bond donors (Lipinski definition) is 2. The first-order valence-electron chi connectivity index (χ1n) is 6.25. The number of nitrogen functional groups attached to an aromatic ring is 1. The highest BCUT2D eigenvalue weighted by Gasteiger charge is 2.66. The Morgan fingerprint density at radius 1 is 1.44 bits per heavy atom. The van der Waals surface area contributed by atoms with Crippen LogP contribution in [-0.2, 0) is 4.79 Å². The summed E-state index contributed by atoms with van der Waals surface area (Å²) in [5.74, 6) is 1.08. The maximum absolute atomic E-state index is 12.6. The number of rotatable bonds is 2. The molecule has 98 valence electrons. The second-order valence-electron chi connectivity index (χ2n) is 6.10. The molecule has 0 aliphatic heterocycles. The summed E-state index contributed by atoms with van der Waals surface area (Å²) in [6, 6.07) is 0. The van der Waals surface area contributed by atoms with E-state index in [0.717, 1.165) is 12.8 Å². The predicted molar refractivity (Wildman–Crippen MR) is 70.1 cm³/mol. The molecule has 1 aromatic rings. The maximum atomic E-state index is 12.6. The fourth-order valence-corrected chi connectivity index (χ4v) is 5.05. The number of nitrogens with two attached hydrogens (primary N) is 1. The number of hydrogen-bond acceptors (Lipinski definition) is 5. The lowest BCUT2D eigenvalue weighted by atomic mass is 9.70. The van der Waals surface area contributed by atoms with Crippen LogP contribution < -0.4 is 5.73 Å². The van der Waals surface area contributed by atoms with Crippen molar-refractivity contribution in [1.29, 1.82) is 0 Å². The minimum absolute atomic E-state index is 0.0195. The van der Waals surface area contributed by atoms with Gasteiger partial charge in [-0.25, -0.2) is 5.10 Å². The molecule has 0 unspecified atom stereocenters. The Morgan fingerprint density at radius 2 is 2.17 bits per heavy atom. The van der Waals surface area contributed by atoms with E-state index in [4.69, 9.17) is 5.73 Å². The number of fused-ring (bicyclic) bond motifs is 2. The highest BCUT2D eigenvalue weighted by Crippen LogP contribution is 2.66. The van der Waals surface area contributed by atoms with Crippen molar-refractivity contribution in [2.24, 2.45) is 16.7 Å². The minimum atomic E-state index is -0.183. The smallest absolute Gasteiger partial charge is 0.216 e. The van der Waals surface area contributed by atoms with Crippen LogP contribution in [0.15, 0.2) is 5.16 Å². The van der Waals surface area contributed by atoms with Gasteiger partial charge in [0.05, 0.1) is 5.25 Å². The van der Waals surface area contributed by atoms with Crippen molar-refractivity contribution in [2.45, 2.75) is 44.0 Å². The Bertz CT molecular complexity index is 512. The lowest BCUT2D eigenvalue weighted by molar-refractivity contribution is -0.127. The summed E-state index contributed by atoms with van der Waals surface area (Å²) in [5, 5.41) is 7.20. The minimum Gasteiger partial charge on any atom is -0.368 e. The Morgan fingerprint density at radius 3 is 2.67 bits per heavy atom. The quantitative estimate of drug-likeness (QED) is 0.853. The zero-order valence-electron chi connectivity index (χ0n) is 10.9. The molecular weight excluding hydrogens is 248 g/mol. The molecule has 3 N–H and O–H groups in total. The third-order valence-corrected chi connectivity index (χ3v) is 6.38. The van der Waals surface area contributed by atoms with E-state index in [1.165, 1.54) is 11.8 Å². The van der Waals surface area contributed by atoms with E-state index in [2.05, 4.69) is 36.0 Å². The number of thioether (sulfide) groups is 1. The van der Waals surface area contributed by atoms with Crippen molar-refractivity contribution in [3.05, 3.63) is 0 Å². The van der Waals surface area contributed by atoms with Crippen molar-refractivity contribution >= 4 is 23.5 Å². The molecule has 5 nitrogen and oxygen atoms in total. The number of nitrogens with one attached hydrogen (secondary N) is 1. The molecule has 0 aromatic carbocycles. The van der Waals surface area contributed by atoms with Gasteiger partial charge in [0.25, 0.3) is 0 Å². The number of Topliss-reactive ketones (excluding diaryl/α,β-unsaturated/α-hetero) is 1. The van der Waals surface area contributed by atoms with E-state index in [1.807, 2.05) is 0 Å². The number of aromatic amines is 1. The van der Waals surface area contributed by atoms with Crippen LogP contribution in [0.3, 0.4) is 0 Å². The van der Waals surface area contributed by atoms with Crippen molar-refractivity contribution in [2.75, 3.05) is 5.73 Å². The average molecular weight is 266 g/mol. The number of ketones is 1. The number of aromatic nitrogens is 3. The molecule has 18 heavy (non-hydrogen) atoms. The summed E-state index contributed by atoms with van der Waals surface area (Å²) in [4.78, 5) is 16.7. The van der Waals surface area contributed by atoms with Crippen LogP contribution in [0.25, 0.3) is 0 Å². The van der Waals surface area contributed by atoms with Crippen LogP contribution >= 0.6 is 11.8 Å². The number of nitrogens with zero attached hydrogens (tertiary/aromatic N) is 2. The molecule has 0 spiro atoms. The van der Waals surface area contributed by atoms with E-state index in [1.54, 1.807) is 0 Å². The molecule has 1 aromatic heterocycles. The highest BCUT2D eigenvalue weighted by atomic mass is 32.2. The molecule has 2 saturated carbocycles. The summed E-state index contributed by atoms with van der Waals surface area (Å²) in [6.07, 6.45) is 2.13. The predicted octanol–water partition coefficient (Wildman–Crippen LogP) is 1.87. The SMILES string of the molecule is CC1(C)[C@@H]2CC[C@]1(C)C(=O)[C@H]2Sc1n[nH]c(N)n1. The molecule has 3 rings (SSSR count). The third kappa shape index (κ3) is 1.32. The number of carbonyl (C=O) groups is 1. The Kier molecular flexibility index (Phi) is 2.33. The molecule has 6 heteroatoms. The maximum Gasteiger partial charge on any atom is 0.216 e.